The van der Waals surface area contributed by atoms with Gasteiger partial charge in [-0.15, -0.1) is 0 Å². The molecule has 5 nitrogen and oxygen atoms in total. The second-order valence-corrected chi connectivity index (χ2v) is 8.69. The largest absolute Gasteiger partial charge is 0.484 e. The van der Waals surface area contributed by atoms with E-state index in [9.17, 15) is 4.79 Å². The number of amides is 1. The fourth-order valence-corrected chi connectivity index (χ4v) is 4.26. The fourth-order valence-electron chi connectivity index (χ4n) is 4.14. The van der Waals surface area contributed by atoms with Crippen LogP contribution in [0.2, 0.25) is 5.02 Å². The van der Waals surface area contributed by atoms with Crippen molar-refractivity contribution >= 4 is 39.3 Å². The number of hydrogen-bond donors (Lipinski definition) is 1. The predicted molar refractivity (Wildman–Crippen MR) is 136 cm³/mol. The third-order valence-electron chi connectivity index (χ3n) is 5.79. The fraction of sp³-hybridized carbons (Fsp3) is 0.143. The van der Waals surface area contributed by atoms with Crippen LogP contribution in [0.25, 0.3) is 21.8 Å². The summed E-state index contributed by atoms with van der Waals surface area (Å²) < 4.78 is 7.76. The lowest BCUT2D eigenvalue weighted by Crippen LogP contribution is -2.32. The number of imidazole rings is 1. The zero-order valence-electron chi connectivity index (χ0n) is 18.7. The third kappa shape index (κ3) is 4.75. The van der Waals surface area contributed by atoms with Crippen LogP contribution >= 0.6 is 11.6 Å². The molecule has 0 saturated heterocycles. The van der Waals surface area contributed by atoms with Crippen molar-refractivity contribution in [1.29, 1.82) is 0 Å². The maximum Gasteiger partial charge on any atom is 0.258 e. The molecule has 34 heavy (non-hydrogen) atoms. The molecular formula is C28H24ClN3O2. The molecule has 0 spiro atoms. The number of halogens is 1. The van der Waals surface area contributed by atoms with E-state index in [0.717, 1.165) is 16.9 Å². The quantitative estimate of drug-likeness (QED) is 0.311. The molecule has 0 saturated carbocycles. The van der Waals surface area contributed by atoms with E-state index in [-0.39, 0.29) is 18.6 Å². The Morgan fingerprint density at radius 2 is 1.71 bits per heavy atom. The van der Waals surface area contributed by atoms with E-state index in [1.165, 1.54) is 16.3 Å². The van der Waals surface area contributed by atoms with Gasteiger partial charge in [0.15, 0.2) is 6.61 Å². The monoisotopic (exact) mass is 469 g/mol. The number of hydrogen-bond acceptors (Lipinski definition) is 3. The van der Waals surface area contributed by atoms with Crippen LogP contribution in [0.15, 0.2) is 91.0 Å². The van der Waals surface area contributed by atoms with Crippen LogP contribution in [0.1, 0.15) is 24.4 Å². The van der Waals surface area contributed by atoms with E-state index in [4.69, 9.17) is 21.3 Å². The molecule has 170 valence electrons. The first kappa shape index (κ1) is 22.0. The summed E-state index contributed by atoms with van der Waals surface area (Å²) in [5.41, 5.74) is 3.11. The van der Waals surface area contributed by atoms with E-state index < -0.39 is 0 Å². The Balaban J connectivity index is 1.37. The molecule has 5 aromatic rings. The molecule has 0 aliphatic rings. The molecule has 1 heterocycles. The van der Waals surface area contributed by atoms with E-state index in [1.54, 1.807) is 24.3 Å². The van der Waals surface area contributed by atoms with Crippen molar-refractivity contribution in [3.8, 4) is 5.75 Å². The molecule has 1 unspecified atom stereocenters. The molecule has 1 N–H and O–H groups in total. The van der Waals surface area contributed by atoms with Gasteiger partial charge < -0.3 is 14.6 Å². The van der Waals surface area contributed by atoms with Crippen LogP contribution in [-0.4, -0.2) is 22.1 Å². The maximum absolute atomic E-state index is 12.6. The smallest absolute Gasteiger partial charge is 0.258 e. The Hall–Kier alpha value is -3.83. The van der Waals surface area contributed by atoms with Gasteiger partial charge in [-0.3, -0.25) is 4.79 Å². The summed E-state index contributed by atoms with van der Waals surface area (Å²) in [6.07, 6.45) is 0. The number of para-hydroxylation sites is 2. The number of nitrogens with one attached hydrogen (secondary N) is 1. The summed E-state index contributed by atoms with van der Waals surface area (Å²) in [5, 5.41) is 6.05. The van der Waals surface area contributed by atoms with Crippen molar-refractivity contribution in [3.63, 3.8) is 0 Å². The summed E-state index contributed by atoms with van der Waals surface area (Å²) in [5.74, 6) is 1.18. The SMILES string of the molecule is CC(NC(=O)COc1ccc(Cl)cc1)c1nc2ccccc2n1Cc1ccc2ccccc2c1. The van der Waals surface area contributed by atoms with Crippen LogP contribution < -0.4 is 10.1 Å². The average molecular weight is 470 g/mol. The Morgan fingerprint density at radius 3 is 2.53 bits per heavy atom. The molecule has 6 heteroatoms. The molecule has 0 aliphatic heterocycles. The van der Waals surface area contributed by atoms with Crippen molar-refractivity contribution in [2.45, 2.75) is 19.5 Å². The Bertz CT molecular complexity index is 1460. The second kappa shape index (κ2) is 9.57. The highest BCUT2D eigenvalue weighted by atomic mass is 35.5. The molecule has 4 aromatic carbocycles. The van der Waals surface area contributed by atoms with Gasteiger partial charge in [-0.05, 0) is 65.7 Å². The molecule has 1 atom stereocenters. The highest BCUT2D eigenvalue weighted by molar-refractivity contribution is 6.30. The van der Waals surface area contributed by atoms with Crippen molar-refractivity contribution < 1.29 is 9.53 Å². The average Bonchev–Trinajstić information content (AvgIpc) is 3.22. The third-order valence-corrected chi connectivity index (χ3v) is 6.04. The minimum absolute atomic E-state index is 0.0864. The molecule has 0 bridgehead atoms. The first-order valence-corrected chi connectivity index (χ1v) is 11.6. The van der Waals surface area contributed by atoms with Gasteiger partial charge in [0, 0.05) is 11.6 Å². The van der Waals surface area contributed by atoms with Gasteiger partial charge in [-0.1, -0.05) is 60.1 Å². The minimum Gasteiger partial charge on any atom is -0.484 e. The summed E-state index contributed by atoms with van der Waals surface area (Å²) in [4.78, 5) is 17.4. The first-order chi connectivity index (χ1) is 16.6. The zero-order valence-corrected chi connectivity index (χ0v) is 19.5. The minimum atomic E-state index is -0.297. The molecule has 0 aliphatic carbocycles. The summed E-state index contributed by atoms with van der Waals surface area (Å²) in [6.45, 7) is 2.51. The van der Waals surface area contributed by atoms with Crippen LogP contribution in [0.4, 0.5) is 0 Å². The molecular weight excluding hydrogens is 446 g/mol. The standard InChI is InChI=1S/C28H24ClN3O2/c1-19(30-27(33)18-34-24-14-12-23(29)13-15-24)28-31-25-8-4-5-9-26(25)32(28)17-20-10-11-21-6-2-3-7-22(21)16-20/h2-16,19H,17-18H2,1H3,(H,30,33). The van der Waals surface area contributed by atoms with Gasteiger partial charge in [-0.25, -0.2) is 4.98 Å². The normalized spacial score (nSPS) is 12.1. The number of ether oxygens (including phenoxy) is 1. The Morgan fingerprint density at radius 1 is 0.971 bits per heavy atom. The van der Waals surface area contributed by atoms with Gasteiger partial charge in [0.05, 0.1) is 17.1 Å². The highest BCUT2D eigenvalue weighted by Gasteiger charge is 2.19. The number of benzene rings is 4. The van der Waals surface area contributed by atoms with Gasteiger partial charge in [0.25, 0.3) is 5.91 Å². The maximum atomic E-state index is 12.6. The lowest BCUT2D eigenvalue weighted by atomic mass is 10.1. The number of aromatic nitrogens is 2. The van der Waals surface area contributed by atoms with Crippen molar-refractivity contribution in [3.05, 3.63) is 107 Å². The summed E-state index contributed by atoms with van der Waals surface area (Å²) in [6, 6.07) is 29.5. The first-order valence-electron chi connectivity index (χ1n) is 11.2. The van der Waals surface area contributed by atoms with Crippen molar-refractivity contribution in [2.75, 3.05) is 6.61 Å². The highest BCUT2D eigenvalue weighted by Crippen LogP contribution is 2.24. The second-order valence-electron chi connectivity index (χ2n) is 8.26. The lowest BCUT2D eigenvalue weighted by Gasteiger charge is -2.17. The number of carbonyl (C=O) groups is 1. The van der Waals surface area contributed by atoms with Gasteiger partial charge in [0.1, 0.15) is 11.6 Å². The van der Waals surface area contributed by atoms with Gasteiger partial charge in [0.2, 0.25) is 0 Å². The van der Waals surface area contributed by atoms with E-state index >= 15 is 0 Å². The number of nitrogens with zero attached hydrogens (tertiary/aromatic N) is 2. The van der Waals surface area contributed by atoms with Crippen molar-refractivity contribution in [1.82, 2.24) is 14.9 Å². The van der Waals surface area contributed by atoms with Crippen LogP contribution in [0.5, 0.6) is 5.75 Å². The van der Waals surface area contributed by atoms with Crippen LogP contribution in [-0.2, 0) is 11.3 Å². The molecule has 5 rings (SSSR count). The topological polar surface area (TPSA) is 56.1 Å². The number of rotatable bonds is 7. The molecule has 1 aromatic heterocycles. The molecule has 1 amide bonds. The Labute approximate surface area is 203 Å². The zero-order chi connectivity index (χ0) is 23.5. The number of carbonyl (C=O) groups excluding carboxylic acids is 1. The summed E-state index contributed by atoms with van der Waals surface area (Å²) >= 11 is 5.90. The van der Waals surface area contributed by atoms with Crippen LogP contribution in [0, 0.1) is 0 Å². The van der Waals surface area contributed by atoms with E-state index in [0.29, 0.717) is 17.3 Å². The molecule has 0 fully saturated rings. The van der Waals surface area contributed by atoms with Crippen LogP contribution in [0.3, 0.4) is 0 Å². The summed E-state index contributed by atoms with van der Waals surface area (Å²) in [7, 11) is 0. The Kier molecular flexibility index (Phi) is 6.19. The number of fused-ring (bicyclic) bond motifs is 2. The van der Waals surface area contributed by atoms with E-state index in [2.05, 4.69) is 46.3 Å². The van der Waals surface area contributed by atoms with E-state index in [1.807, 2.05) is 37.3 Å². The van der Waals surface area contributed by atoms with Gasteiger partial charge in [-0.2, -0.15) is 0 Å². The lowest BCUT2D eigenvalue weighted by molar-refractivity contribution is -0.123. The van der Waals surface area contributed by atoms with Gasteiger partial charge >= 0.3 is 0 Å². The van der Waals surface area contributed by atoms with Crippen molar-refractivity contribution in [2.24, 2.45) is 0 Å². The predicted octanol–water partition coefficient (Wildman–Crippen LogP) is 6.15. The molecule has 0 radical (unpaired) electrons.